The van der Waals surface area contributed by atoms with Gasteiger partial charge in [-0.15, -0.1) is 0 Å². The molecule has 0 radical (unpaired) electrons. The van der Waals surface area contributed by atoms with E-state index in [0.717, 1.165) is 25.1 Å². The second-order valence-corrected chi connectivity index (χ2v) is 5.31. The Morgan fingerprint density at radius 3 is 2.94 bits per heavy atom. The van der Waals surface area contributed by atoms with Crippen LogP contribution in [0.15, 0.2) is 18.2 Å². The molecule has 0 unspecified atom stereocenters. The van der Waals surface area contributed by atoms with E-state index in [-0.39, 0.29) is 6.10 Å². The number of aliphatic hydroxyl groups is 1. The fraction of sp³-hybridized carbons (Fsp3) is 0.500. The number of β-amino-alcohol motifs (C(OH)–C–C–N with tert-alkyl or cyclic N) is 1. The molecular formula is C14H20N2OS. The monoisotopic (exact) mass is 264 g/mol. The van der Waals surface area contributed by atoms with Crippen LogP contribution in [-0.2, 0) is 0 Å². The third kappa shape index (κ3) is 3.00. The molecular weight excluding hydrogens is 244 g/mol. The van der Waals surface area contributed by atoms with Gasteiger partial charge in [0.15, 0.2) is 5.11 Å². The third-order valence-electron chi connectivity index (χ3n) is 3.53. The van der Waals surface area contributed by atoms with Gasteiger partial charge in [-0.05, 0) is 56.1 Å². The summed E-state index contributed by atoms with van der Waals surface area (Å²) in [7, 11) is 0. The Kier molecular flexibility index (Phi) is 4.19. The van der Waals surface area contributed by atoms with Crippen LogP contribution >= 0.6 is 12.2 Å². The molecule has 1 aromatic rings. The summed E-state index contributed by atoms with van der Waals surface area (Å²) in [4.78, 5) is 2.05. The van der Waals surface area contributed by atoms with Gasteiger partial charge in [0, 0.05) is 18.8 Å². The van der Waals surface area contributed by atoms with Crippen LogP contribution in [-0.4, -0.2) is 34.3 Å². The van der Waals surface area contributed by atoms with Gasteiger partial charge in [-0.25, -0.2) is 0 Å². The Balaban J connectivity index is 2.04. The number of nitrogens with one attached hydrogen (secondary N) is 1. The molecule has 0 amide bonds. The lowest BCUT2D eigenvalue weighted by molar-refractivity contribution is 0.104. The molecule has 2 rings (SSSR count). The van der Waals surface area contributed by atoms with E-state index < -0.39 is 0 Å². The maximum Gasteiger partial charge on any atom is 0.173 e. The molecule has 0 aromatic heterocycles. The SMILES string of the molecule is Cc1cccc(NC(=S)N2CCC[C@H](O)C2)c1C. The molecule has 1 atom stereocenters. The fourth-order valence-corrected chi connectivity index (χ4v) is 2.50. The van der Waals surface area contributed by atoms with E-state index in [4.69, 9.17) is 12.2 Å². The van der Waals surface area contributed by atoms with Gasteiger partial charge in [-0.1, -0.05) is 12.1 Å². The number of hydrogen-bond donors (Lipinski definition) is 2. The number of aryl methyl sites for hydroxylation is 1. The molecule has 3 nitrogen and oxygen atoms in total. The van der Waals surface area contributed by atoms with Gasteiger partial charge >= 0.3 is 0 Å². The number of nitrogens with zero attached hydrogens (tertiary/aromatic N) is 1. The quantitative estimate of drug-likeness (QED) is 0.764. The summed E-state index contributed by atoms with van der Waals surface area (Å²) in [5, 5.41) is 13.7. The predicted molar refractivity (Wildman–Crippen MR) is 79.0 cm³/mol. The van der Waals surface area contributed by atoms with Crippen LogP contribution < -0.4 is 5.32 Å². The highest BCUT2D eigenvalue weighted by Crippen LogP contribution is 2.19. The van der Waals surface area contributed by atoms with E-state index in [0.29, 0.717) is 11.7 Å². The van der Waals surface area contributed by atoms with Crippen LogP contribution in [0, 0.1) is 13.8 Å². The standard InChI is InChI=1S/C14H20N2OS/c1-10-5-3-7-13(11(10)2)15-14(18)16-8-4-6-12(17)9-16/h3,5,7,12,17H,4,6,8-9H2,1-2H3,(H,15,18)/t12-/m0/s1. The molecule has 4 heteroatoms. The van der Waals surface area contributed by atoms with Gasteiger partial charge in [0.1, 0.15) is 0 Å². The Labute approximate surface area is 114 Å². The van der Waals surface area contributed by atoms with Crippen molar-refractivity contribution < 1.29 is 5.11 Å². The van der Waals surface area contributed by atoms with Crippen LogP contribution in [0.25, 0.3) is 0 Å². The average Bonchev–Trinajstić information content (AvgIpc) is 2.35. The maximum absolute atomic E-state index is 9.66. The Morgan fingerprint density at radius 2 is 2.22 bits per heavy atom. The summed E-state index contributed by atoms with van der Waals surface area (Å²) in [5.41, 5.74) is 3.53. The molecule has 0 aliphatic carbocycles. The molecule has 0 spiro atoms. The first-order chi connectivity index (χ1) is 8.58. The number of rotatable bonds is 1. The molecule has 2 N–H and O–H groups in total. The summed E-state index contributed by atoms with van der Waals surface area (Å²) in [5.74, 6) is 0. The van der Waals surface area contributed by atoms with E-state index in [1.807, 2.05) is 17.0 Å². The van der Waals surface area contributed by atoms with Crippen molar-refractivity contribution >= 4 is 23.0 Å². The van der Waals surface area contributed by atoms with E-state index in [1.165, 1.54) is 11.1 Å². The Bertz CT molecular complexity index is 447. The molecule has 1 fully saturated rings. The van der Waals surface area contributed by atoms with Crippen LogP contribution in [0.1, 0.15) is 24.0 Å². The molecule has 0 saturated carbocycles. The van der Waals surface area contributed by atoms with Gasteiger partial charge in [-0.2, -0.15) is 0 Å². The van der Waals surface area contributed by atoms with Crippen LogP contribution in [0.3, 0.4) is 0 Å². The van der Waals surface area contributed by atoms with Crippen molar-refractivity contribution in [3.63, 3.8) is 0 Å². The van der Waals surface area contributed by atoms with Crippen molar-refractivity contribution in [1.82, 2.24) is 4.90 Å². The van der Waals surface area contributed by atoms with E-state index >= 15 is 0 Å². The lowest BCUT2D eigenvalue weighted by atomic mass is 10.1. The molecule has 1 aromatic carbocycles. The minimum Gasteiger partial charge on any atom is -0.391 e. The Morgan fingerprint density at radius 1 is 1.44 bits per heavy atom. The number of aliphatic hydroxyl groups excluding tert-OH is 1. The second kappa shape index (κ2) is 5.67. The van der Waals surface area contributed by atoms with Crippen molar-refractivity contribution in [2.75, 3.05) is 18.4 Å². The molecule has 98 valence electrons. The van der Waals surface area contributed by atoms with Gasteiger partial charge in [0.05, 0.1) is 6.10 Å². The molecule has 0 bridgehead atoms. The minimum absolute atomic E-state index is 0.253. The largest absolute Gasteiger partial charge is 0.391 e. The lowest BCUT2D eigenvalue weighted by Crippen LogP contribution is -2.44. The normalized spacial score (nSPS) is 19.7. The first-order valence-corrected chi connectivity index (χ1v) is 6.79. The van der Waals surface area contributed by atoms with Crippen molar-refractivity contribution in [2.24, 2.45) is 0 Å². The van der Waals surface area contributed by atoms with Crippen molar-refractivity contribution in [3.05, 3.63) is 29.3 Å². The summed E-state index contributed by atoms with van der Waals surface area (Å²) in [6.07, 6.45) is 1.62. The van der Waals surface area contributed by atoms with E-state index in [1.54, 1.807) is 0 Å². The van der Waals surface area contributed by atoms with Crippen LogP contribution in [0.2, 0.25) is 0 Å². The van der Waals surface area contributed by atoms with Crippen molar-refractivity contribution in [1.29, 1.82) is 0 Å². The first-order valence-electron chi connectivity index (χ1n) is 6.38. The summed E-state index contributed by atoms with van der Waals surface area (Å²) in [6, 6.07) is 6.15. The third-order valence-corrected chi connectivity index (χ3v) is 3.89. The average molecular weight is 264 g/mol. The predicted octanol–water partition coefficient (Wildman–Crippen LogP) is 2.46. The maximum atomic E-state index is 9.66. The minimum atomic E-state index is -0.253. The van der Waals surface area contributed by atoms with E-state index in [9.17, 15) is 5.11 Å². The second-order valence-electron chi connectivity index (χ2n) is 4.92. The summed E-state index contributed by atoms with van der Waals surface area (Å²) in [6.45, 7) is 5.74. The van der Waals surface area contributed by atoms with Crippen LogP contribution in [0.5, 0.6) is 0 Å². The molecule has 18 heavy (non-hydrogen) atoms. The zero-order valence-electron chi connectivity index (χ0n) is 10.9. The molecule has 1 aliphatic rings. The number of thiocarbonyl (C=S) groups is 1. The Hall–Kier alpha value is -1.13. The highest BCUT2D eigenvalue weighted by molar-refractivity contribution is 7.80. The summed E-state index contributed by atoms with van der Waals surface area (Å²) >= 11 is 5.42. The number of benzene rings is 1. The number of hydrogen-bond acceptors (Lipinski definition) is 2. The topological polar surface area (TPSA) is 35.5 Å². The van der Waals surface area contributed by atoms with Crippen molar-refractivity contribution in [3.8, 4) is 0 Å². The van der Waals surface area contributed by atoms with E-state index in [2.05, 4.69) is 25.2 Å². The smallest absolute Gasteiger partial charge is 0.173 e. The van der Waals surface area contributed by atoms with Gasteiger partial charge < -0.3 is 15.3 Å². The number of likely N-dealkylation sites (tertiary alicyclic amines) is 1. The first kappa shape index (κ1) is 13.3. The summed E-state index contributed by atoms with van der Waals surface area (Å²) < 4.78 is 0. The number of anilines is 1. The molecule has 1 saturated heterocycles. The lowest BCUT2D eigenvalue weighted by Gasteiger charge is -2.32. The highest BCUT2D eigenvalue weighted by Gasteiger charge is 2.19. The van der Waals surface area contributed by atoms with Gasteiger partial charge in [0.25, 0.3) is 0 Å². The molecule has 1 heterocycles. The fourth-order valence-electron chi connectivity index (χ4n) is 2.22. The zero-order chi connectivity index (χ0) is 13.1. The van der Waals surface area contributed by atoms with Crippen LogP contribution in [0.4, 0.5) is 5.69 Å². The van der Waals surface area contributed by atoms with Gasteiger partial charge in [0.2, 0.25) is 0 Å². The van der Waals surface area contributed by atoms with Gasteiger partial charge in [-0.3, -0.25) is 0 Å². The highest BCUT2D eigenvalue weighted by atomic mass is 32.1. The zero-order valence-corrected chi connectivity index (χ0v) is 11.8. The molecule has 1 aliphatic heterocycles. The van der Waals surface area contributed by atoms with Crippen molar-refractivity contribution in [2.45, 2.75) is 32.8 Å². The number of piperidine rings is 1.